The zero-order chi connectivity index (χ0) is 13.6. The molecule has 0 spiro atoms. The normalized spacial score (nSPS) is 35.3. The predicted octanol–water partition coefficient (Wildman–Crippen LogP) is 2.35. The van der Waals surface area contributed by atoms with Gasteiger partial charge in [0.05, 0.1) is 5.66 Å². The van der Waals surface area contributed by atoms with Gasteiger partial charge in [-0.05, 0) is 65.2 Å². The van der Waals surface area contributed by atoms with Crippen molar-refractivity contribution >= 4 is 0 Å². The molecule has 1 aliphatic carbocycles. The Hall–Kier alpha value is -0.120. The van der Waals surface area contributed by atoms with Crippen LogP contribution in [0.2, 0.25) is 0 Å². The molecule has 2 rings (SSSR count). The summed E-state index contributed by atoms with van der Waals surface area (Å²) in [6, 6.07) is 0. The Kier molecular flexibility index (Phi) is 3.54. The minimum Gasteiger partial charge on any atom is -0.313 e. The van der Waals surface area contributed by atoms with E-state index in [-0.39, 0.29) is 11.1 Å². The van der Waals surface area contributed by atoms with Crippen molar-refractivity contribution in [3.05, 3.63) is 0 Å². The van der Waals surface area contributed by atoms with Gasteiger partial charge in [-0.15, -0.1) is 0 Å². The summed E-state index contributed by atoms with van der Waals surface area (Å²) in [5, 5.41) is 3.75. The van der Waals surface area contributed by atoms with Gasteiger partial charge in [0.15, 0.2) is 0 Å². The van der Waals surface area contributed by atoms with Crippen molar-refractivity contribution in [2.45, 2.75) is 83.0 Å². The van der Waals surface area contributed by atoms with Crippen LogP contribution in [0.3, 0.4) is 0 Å². The third kappa shape index (κ3) is 3.06. The summed E-state index contributed by atoms with van der Waals surface area (Å²) in [5.41, 5.74) is 12.7. The summed E-state index contributed by atoms with van der Waals surface area (Å²) in [6.07, 6.45) is 7.08. The van der Waals surface area contributed by atoms with Gasteiger partial charge in [0.2, 0.25) is 0 Å². The fourth-order valence-corrected chi connectivity index (χ4v) is 4.61. The molecule has 0 bridgehead atoms. The monoisotopic (exact) mass is 253 g/mol. The van der Waals surface area contributed by atoms with E-state index in [1.54, 1.807) is 0 Å². The molecule has 1 saturated heterocycles. The quantitative estimate of drug-likeness (QED) is 0.629. The average Bonchev–Trinajstić information content (AvgIpc) is 2.11. The van der Waals surface area contributed by atoms with E-state index >= 15 is 0 Å². The Morgan fingerprint density at radius 2 is 1.50 bits per heavy atom. The number of hydrogen-bond acceptors (Lipinski definition) is 3. The van der Waals surface area contributed by atoms with Gasteiger partial charge in [-0.3, -0.25) is 0 Å². The molecular weight excluding hydrogens is 222 g/mol. The first-order valence-electron chi connectivity index (χ1n) is 7.48. The Morgan fingerprint density at radius 3 is 2.00 bits per heavy atom. The van der Waals surface area contributed by atoms with Crippen LogP contribution in [0.4, 0.5) is 0 Å². The fraction of sp³-hybridized carbons (Fsp3) is 1.00. The maximum atomic E-state index is 6.39. The highest BCUT2D eigenvalue weighted by molar-refractivity contribution is 5.02. The largest absolute Gasteiger partial charge is 0.313 e. The van der Waals surface area contributed by atoms with Crippen molar-refractivity contribution in [2.75, 3.05) is 0 Å². The van der Waals surface area contributed by atoms with Crippen LogP contribution in [0.1, 0.15) is 66.2 Å². The number of nitrogens with one attached hydrogen (secondary N) is 1. The second kappa shape index (κ2) is 4.46. The third-order valence-electron chi connectivity index (χ3n) is 4.86. The van der Waals surface area contributed by atoms with Crippen molar-refractivity contribution in [3.63, 3.8) is 0 Å². The molecule has 1 heterocycles. The van der Waals surface area contributed by atoms with E-state index in [1.807, 2.05) is 0 Å². The van der Waals surface area contributed by atoms with Gasteiger partial charge < -0.3 is 16.8 Å². The summed E-state index contributed by atoms with van der Waals surface area (Å²) in [6.45, 7) is 9.22. The first-order chi connectivity index (χ1) is 8.11. The van der Waals surface area contributed by atoms with Crippen LogP contribution in [0.15, 0.2) is 0 Å². The first kappa shape index (κ1) is 14.3. The zero-order valence-electron chi connectivity index (χ0n) is 12.6. The molecule has 106 valence electrons. The van der Waals surface area contributed by atoms with Crippen molar-refractivity contribution in [1.29, 1.82) is 0 Å². The third-order valence-corrected chi connectivity index (χ3v) is 4.86. The molecule has 2 aliphatic rings. The first-order valence-corrected chi connectivity index (χ1v) is 7.48. The maximum absolute atomic E-state index is 6.39. The summed E-state index contributed by atoms with van der Waals surface area (Å²) < 4.78 is 0. The zero-order valence-corrected chi connectivity index (χ0v) is 12.6. The van der Waals surface area contributed by atoms with E-state index in [9.17, 15) is 0 Å². The number of rotatable bonds is 1. The summed E-state index contributed by atoms with van der Waals surface area (Å²) in [7, 11) is 0. The van der Waals surface area contributed by atoms with E-state index in [2.05, 4.69) is 33.0 Å². The molecule has 1 atom stereocenters. The van der Waals surface area contributed by atoms with Crippen molar-refractivity contribution < 1.29 is 0 Å². The lowest BCUT2D eigenvalue weighted by Crippen LogP contribution is -2.64. The Balaban J connectivity index is 2.16. The molecule has 0 radical (unpaired) electrons. The van der Waals surface area contributed by atoms with Gasteiger partial charge in [0, 0.05) is 11.1 Å². The molecule has 0 amide bonds. The molecule has 2 fully saturated rings. The Morgan fingerprint density at radius 1 is 0.944 bits per heavy atom. The minimum atomic E-state index is -0.438. The van der Waals surface area contributed by atoms with Crippen molar-refractivity contribution in [1.82, 2.24) is 5.32 Å². The number of nitrogens with two attached hydrogens (primary N) is 2. The van der Waals surface area contributed by atoms with E-state index in [1.165, 1.54) is 32.1 Å². The van der Waals surface area contributed by atoms with Crippen LogP contribution >= 0.6 is 0 Å². The molecule has 1 unspecified atom stereocenters. The average molecular weight is 253 g/mol. The highest BCUT2D eigenvalue weighted by Gasteiger charge is 2.46. The topological polar surface area (TPSA) is 64.1 Å². The molecule has 0 aromatic carbocycles. The van der Waals surface area contributed by atoms with E-state index in [0.717, 1.165) is 6.42 Å². The Bertz CT molecular complexity index is 291. The van der Waals surface area contributed by atoms with Gasteiger partial charge in [0.1, 0.15) is 0 Å². The lowest BCUT2D eigenvalue weighted by molar-refractivity contribution is 0.0395. The Labute approximate surface area is 112 Å². The minimum absolute atomic E-state index is 0.194. The van der Waals surface area contributed by atoms with Gasteiger partial charge in [0.25, 0.3) is 0 Å². The van der Waals surface area contributed by atoms with Crippen LogP contribution in [0.5, 0.6) is 0 Å². The molecule has 0 aromatic heterocycles. The smallest absolute Gasteiger partial charge is 0.0668 e. The van der Waals surface area contributed by atoms with Crippen LogP contribution in [-0.4, -0.2) is 16.7 Å². The van der Waals surface area contributed by atoms with Crippen molar-refractivity contribution in [2.24, 2.45) is 23.3 Å². The van der Waals surface area contributed by atoms with E-state index in [0.29, 0.717) is 11.8 Å². The lowest BCUT2D eigenvalue weighted by Gasteiger charge is -2.52. The SMILES string of the molecule is CC1(C)CC(C2CCCCC2(N)N)CC(C)(C)N1. The number of piperidine rings is 1. The van der Waals surface area contributed by atoms with Gasteiger partial charge >= 0.3 is 0 Å². The second-order valence-electron chi connectivity index (χ2n) is 8.03. The van der Waals surface area contributed by atoms with Gasteiger partial charge in [-0.25, -0.2) is 0 Å². The summed E-state index contributed by atoms with van der Waals surface area (Å²) >= 11 is 0. The standard InChI is InChI=1S/C15H31N3/c1-13(2)9-11(10-14(3,4)18-13)12-7-5-6-8-15(12,16)17/h11-12,18H,5-10,16-17H2,1-4H3. The molecule has 18 heavy (non-hydrogen) atoms. The van der Waals surface area contributed by atoms with E-state index < -0.39 is 5.66 Å². The van der Waals surface area contributed by atoms with Gasteiger partial charge in [-0.2, -0.15) is 0 Å². The lowest BCUT2D eigenvalue weighted by atomic mass is 9.64. The van der Waals surface area contributed by atoms with Crippen LogP contribution < -0.4 is 16.8 Å². The molecule has 1 saturated carbocycles. The van der Waals surface area contributed by atoms with Crippen molar-refractivity contribution in [3.8, 4) is 0 Å². The van der Waals surface area contributed by atoms with Crippen LogP contribution in [0.25, 0.3) is 0 Å². The predicted molar refractivity (Wildman–Crippen MR) is 77.1 cm³/mol. The fourth-order valence-electron chi connectivity index (χ4n) is 4.61. The highest BCUT2D eigenvalue weighted by atomic mass is 15.1. The summed E-state index contributed by atoms with van der Waals surface area (Å²) in [4.78, 5) is 0. The molecule has 3 nitrogen and oxygen atoms in total. The van der Waals surface area contributed by atoms with Crippen LogP contribution in [-0.2, 0) is 0 Å². The molecule has 5 N–H and O–H groups in total. The maximum Gasteiger partial charge on any atom is 0.0668 e. The molecular formula is C15H31N3. The molecule has 1 aliphatic heterocycles. The number of hydrogen-bond donors (Lipinski definition) is 3. The van der Waals surface area contributed by atoms with Gasteiger partial charge in [-0.1, -0.05) is 12.8 Å². The van der Waals surface area contributed by atoms with Crippen LogP contribution in [0, 0.1) is 11.8 Å². The van der Waals surface area contributed by atoms with E-state index in [4.69, 9.17) is 11.5 Å². The second-order valence-corrected chi connectivity index (χ2v) is 8.03. The molecule has 3 heteroatoms. The summed E-state index contributed by atoms with van der Waals surface area (Å²) in [5.74, 6) is 1.15. The highest BCUT2D eigenvalue weighted by Crippen LogP contribution is 2.43. The molecule has 0 aromatic rings.